The summed E-state index contributed by atoms with van der Waals surface area (Å²) in [5, 5.41) is 0. The number of ether oxygens (including phenoxy) is 3. The Labute approximate surface area is 411 Å². The highest BCUT2D eigenvalue weighted by molar-refractivity contribution is 5.71. The van der Waals surface area contributed by atoms with Crippen LogP contribution in [0, 0.1) is 0 Å². The van der Waals surface area contributed by atoms with Crippen LogP contribution in [0.5, 0.6) is 0 Å². The number of carbonyl (C=O) groups excluding carboxylic acids is 3. The third-order valence-corrected chi connectivity index (χ3v) is 13.2. The number of allylic oxidation sites excluding steroid dienone is 4. The fourth-order valence-corrected chi connectivity index (χ4v) is 8.73. The highest BCUT2D eigenvalue weighted by Gasteiger charge is 2.19. The molecule has 0 amide bonds. The quantitative estimate of drug-likeness (QED) is 0.0262. The van der Waals surface area contributed by atoms with Crippen molar-refractivity contribution in [3.63, 3.8) is 0 Å². The van der Waals surface area contributed by atoms with Crippen molar-refractivity contribution in [2.24, 2.45) is 0 Å². The van der Waals surface area contributed by atoms with Crippen LogP contribution >= 0.6 is 0 Å². The van der Waals surface area contributed by atoms with Crippen LogP contribution in [0.2, 0.25) is 0 Å². The Morgan fingerprint density at radius 2 is 0.500 bits per heavy atom. The average molecular weight is 930 g/mol. The third-order valence-electron chi connectivity index (χ3n) is 13.2. The van der Waals surface area contributed by atoms with Crippen molar-refractivity contribution < 1.29 is 28.6 Å². The van der Waals surface area contributed by atoms with E-state index in [4.69, 9.17) is 14.2 Å². The van der Waals surface area contributed by atoms with Crippen molar-refractivity contribution in [1.82, 2.24) is 0 Å². The van der Waals surface area contributed by atoms with E-state index < -0.39 is 6.10 Å². The van der Waals surface area contributed by atoms with Crippen molar-refractivity contribution in [2.75, 3.05) is 13.2 Å². The van der Waals surface area contributed by atoms with Crippen LogP contribution in [0.1, 0.15) is 323 Å². The normalized spacial score (nSPS) is 12.1. The highest BCUT2D eigenvalue weighted by Crippen LogP contribution is 2.17. The van der Waals surface area contributed by atoms with Gasteiger partial charge in [0.1, 0.15) is 13.2 Å². The van der Waals surface area contributed by atoms with Gasteiger partial charge in [-0.2, -0.15) is 0 Å². The summed E-state index contributed by atoms with van der Waals surface area (Å²) in [6, 6.07) is 0. The molecule has 66 heavy (non-hydrogen) atoms. The molecular formula is C60H112O6. The molecule has 0 spiro atoms. The molecule has 0 aromatic heterocycles. The first-order valence-corrected chi connectivity index (χ1v) is 29.3. The second-order valence-corrected chi connectivity index (χ2v) is 19.9. The second kappa shape index (κ2) is 55.5. The van der Waals surface area contributed by atoms with E-state index in [9.17, 15) is 14.4 Å². The fourth-order valence-electron chi connectivity index (χ4n) is 8.73. The smallest absolute Gasteiger partial charge is 0.306 e. The van der Waals surface area contributed by atoms with Crippen molar-refractivity contribution in [3.8, 4) is 0 Å². The molecule has 1 unspecified atom stereocenters. The zero-order valence-corrected chi connectivity index (χ0v) is 44.5. The first-order valence-electron chi connectivity index (χ1n) is 29.3. The third kappa shape index (κ3) is 52.9. The summed E-state index contributed by atoms with van der Waals surface area (Å²) >= 11 is 0. The van der Waals surface area contributed by atoms with Gasteiger partial charge in [-0.15, -0.1) is 0 Å². The lowest BCUT2D eigenvalue weighted by atomic mass is 10.0. The standard InChI is InChI=1S/C60H112O6/c1-4-7-10-13-16-18-20-22-24-25-26-27-28-29-30-31-32-33-34-35-37-38-40-42-44-47-50-53-59(62)65-56-57(55-64-58(61)52-49-46-15-12-9-6-3)66-60(63)54-51-48-45-43-41-39-36-23-21-19-17-14-11-8-5-2/h23,25-26,36,57H,4-22,24,27-35,37-56H2,1-3H3/b26-25-,36-23-. The second-order valence-electron chi connectivity index (χ2n) is 19.9. The van der Waals surface area contributed by atoms with Crippen LogP contribution in [0.25, 0.3) is 0 Å². The van der Waals surface area contributed by atoms with E-state index in [2.05, 4.69) is 45.1 Å². The molecule has 0 saturated carbocycles. The first-order chi connectivity index (χ1) is 32.5. The molecule has 388 valence electrons. The maximum Gasteiger partial charge on any atom is 0.306 e. The minimum Gasteiger partial charge on any atom is -0.462 e. The number of hydrogen-bond donors (Lipinski definition) is 0. The topological polar surface area (TPSA) is 78.9 Å². The molecule has 0 N–H and O–H groups in total. The number of rotatable bonds is 54. The van der Waals surface area contributed by atoms with Gasteiger partial charge in [0.05, 0.1) is 0 Å². The molecule has 0 fully saturated rings. The number of unbranched alkanes of at least 4 members (excludes halogenated alkanes) is 39. The Morgan fingerprint density at radius 1 is 0.288 bits per heavy atom. The van der Waals surface area contributed by atoms with Crippen LogP contribution in [0.3, 0.4) is 0 Å². The largest absolute Gasteiger partial charge is 0.462 e. The summed E-state index contributed by atoms with van der Waals surface area (Å²) in [4.78, 5) is 37.8. The average Bonchev–Trinajstić information content (AvgIpc) is 3.31. The van der Waals surface area contributed by atoms with Crippen LogP contribution in [0.4, 0.5) is 0 Å². The van der Waals surface area contributed by atoms with Crippen LogP contribution in [0.15, 0.2) is 24.3 Å². The van der Waals surface area contributed by atoms with E-state index in [1.54, 1.807) is 0 Å². The SMILES string of the molecule is CCCCCCCC/C=C\CCCCCCCC(=O)OC(COC(=O)CCCCCCCC)COC(=O)CCCCCCCCCCCCCCCCC/C=C\CCCCCCCCCC. The maximum absolute atomic E-state index is 12.8. The van der Waals surface area contributed by atoms with Crippen LogP contribution < -0.4 is 0 Å². The van der Waals surface area contributed by atoms with Gasteiger partial charge in [-0.3, -0.25) is 14.4 Å². The van der Waals surface area contributed by atoms with E-state index in [0.29, 0.717) is 19.3 Å². The minimum absolute atomic E-state index is 0.0709. The van der Waals surface area contributed by atoms with Crippen molar-refractivity contribution in [3.05, 3.63) is 24.3 Å². The molecule has 1 atom stereocenters. The van der Waals surface area contributed by atoms with E-state index in [1.807, 2.05) is 0 Å². The first kappa shape index (κ1) is 63.9. The van der Waals surface area contributed by atoms with Gasteiger partial charge in [0.25, 0.3) is 0 Å². The van der Waals surface area contributed by atoms with E-state index in [0.717, 1.165) is 64.2 Å². The lowest BCUT2D eigenvalue weighted by Gasteiger charge is -2.18. The molecule has 0 bridgehead atoms. The summed E-state index contributed by atoms with van der Waals surface area (Å²) in [5.74, 6) is -0.873. The van der Waals surface area contributed by atoms with Gasteiger partial charge in [-0.05, 0) is 70.6 Å². The highest BCUT2D eigenvalue weighted by atomic mass is 16.6. The van der Waals surface area contributed by atoms with Gasteiger partial charge in [-0.25, -0.2) is 0 Å². The van der Waals surface area contributed by atoms with Crippen LogP contribution in [-0.4, -0.2) is 37.2 Å². The predicted molar refractivity (Wildman–Crippen MR) is 284 cm³/mol. The van der Waals surface area contributed by atoms with Gasteiger partial charge in [0.15, 0.2) is 6.10 Å². The van der Waals surface area contributed by atoms with Crippen molar-refractivity contribution in [2.45, 2.75) is 329 Å². The Kier molecular flexibility index (Phi) is 53.7. The van der Waals surface area contributed by atoms with E-state index >= 15 is 0 Å². The van der Waals surface area contributed by atoms with Gasteiger partial charge in [-0.1, -0.05) is 257 Å². The number of hydrogen-bond acceptors (Lipinski definition) is 6. The molecule has 0 aromatic rings. The molecule has 0 aliphatic heterocycles. The summed E-state index contributed by atoms with van der Waals surface area (Å²) in [6.07, 6.45) is 65.0. The fraction of sp³-hybridized carbons (Fsp3) is 0.883. The molecule has 0 saturated heterocycles. The van der Waals surface area contributed by atoms with Gasteiger partial charge < -0.3 is 14.2 Å². The van der Waals surface area contributed by atoms with Gasteiger partial charge in [0, 0.05) is 19.3 Å². The molecule has 0 aromatic carbocycles. The summed E-state index contributed by atoms with van der Waals surface area (Å²) in [6.45, 7) is 6.61. The lowest BCUT2D eigenvalue weighted by Crippen LogP contribution is -2.30. The Balaban J connectivity index is 4.02. The molecule has 0 aliphatic rings. The zero-order chi connectivity index (χ0) is 47.9. The van der Waals surface area contributed by atoms with Gasteiger partial charge in [0.2, 0.25) is 0 Å². The van der Waals surface area contributed by atoms with E-state index in [1.165, 1.54) is 218 Å². The number of carbonyl (C=O) groups is 3. The molecule has 0 radical (unpaired) electrons. The van der Waals surface area contributed by atoms with Crippen molar-refractivity contribution in [1.29, 1.82) is 0 Å². The minimum atomic E-state index is -0.769. The Hall–Kier alpha value is -2.11. The molecule has 0 heterocycles. The molecule has 6 nitrogen and oxygen atoms in total. The monoisotopic (exact) mass is 929 g/mol. The summed E-state index contributed by atoms with van der Waals surface area (Å²) in [7, 11) is 0. The van der Waals surface area contributed by atoms with Crippen LogP contribution in [-0.2, 0) is 28.6 Å². The molecule has 0 aliphatic carbocycles. The van der Waals surface area contributed by atoms with Crippen molar-refractivity contribution >= 4 is 17.9 Å². The molecule has 0 rings (SSSR count). The zero-order valence-electron chi connectivity index (χ0n) is 44.5. The summed E-state index contributed by atoms with van der Waals surface area (Å²) in [5.41, 5.74) is 0. The Bertz CT molecular complexity index is 1070. The lowest BCUT2D eigenvalue weighted by molar-refractivity contribution is -0.167. The van der Waals surface area contributed by atoms with E-state index in [-0.39, 0.29) is 31.1 Å². The number of esters is 3. The Morgan fingerprint density at radius 3 is 0.758 bits per heavy atom. The predicted octanol–water partition coefficient (Wildman–Crippen LogP) is 19.5. The summed E-state index contributed by atoms with van der Waals surface area (Å²) < 4.78 is 16.7. The molecular weight excluding hydrogens is 817 g/mol. The van der Waals surface area contributed by atoms with Gasteiger partial charge >= 0.3 is 17.9 Å². The molecule has 6 heteroatoms. The maximum atomic E-state index is 12.8.